The zero-order valence-electron chi connectivity index (χ0n) is 16.9. The molecule has 0 radical (unpaired) electrons. The normalized spacial score (nSPS) is 11.4. The smallest absolute Gasteiger partial charge is 0.332 e. The zero-order valence-corrected chi connectivity index (χ0v) is 16.9. The number of aromatic nitrogens is 6. The molecular formula is C21H23FN6O2. The number of rotatable bonds is 7. The number of hydrogen-bond acceptors (Lipinski definition) is 4. The molecule has 4 rings (SSSR count). The molecule has 0 unspecified atom stereocenters. The average Bonchev–Trinajstić information content (AvgIpc) is 3.37. The minimum absolute atomic E-state index is 0.296. The molecule has 0 saturated carbocycles. The molecule has 2 N–H and O–H groups in total. The molecule has 4 aromatic rings. The van der Waals surface area contributed by atoms with Crippen molar-refractivity contribution in [3.63, 3.8) is 0 Å². The van der Waals surface area contributed by atoms with E-state index in [-0.39, 0.29) is 17.1 Å². The molecule has 8 nitrogen and oxygen atoms in total. The summed E-state index contributed by atoms with van der Waals surface area (Å²) in [5.41, 5.74) is 2.25. The lowest BCUT2D eigenvalue weighted by atomic mass is 10.1. The number of nitrogens with zero attached hydrogens (tertiary/aromatic N) is 4. The lowest BCUT2D eigenvalue weighted by Crippen LogP contribution is -2.40. The highest BCUT2D eigenvalue weighted by Gasteiger charge is 2.19. The Labute approximate surface area is 171 Å². The summed E-state index contributed by atoms with van der Waals surface area (Å²) in [6.45, 7) is 4.72. The number of fused-ring (bicyclic) bond motifs is 1. The van der Waals surface area contributed by atoms with E-state index in [9.17, 15) is 14.0 Å². The van der Waals surface area contributed by atoms with Crippen molar-refractivity contribution in [2.75, 3.05) is 0 Å². The van der Waals surface area contributed by atoms with Crippen molar-refractivity contribution >= 4 is 11.2 Å². The Kier molecular flexibility index (Phi) is 5.35. The monoisotopic (exact) mass is 410 g/mol. The molecule has 156 valence electrons. The third-order valence-corrected chi connectivity index (χ3v) is 5.01. The fraction of sp³-hybridized carbons (Fsp3) is 0.333. The van der Waals surface area contributed by atoms with Crippen molar-refractivity contribution in [3.05, 3.63) is 68.4 Å². The maximum Gasteiger partial charge on any atom is 0.332 e. The van der Waals surface area contributed by atoms with Gasteiger partial charge in [0.05, 0.1) is 11.3 Å². The number of benzene rings is 1. The summed E-state index contributed by atoms with van der Waals surface area (Å²) in [5.74, 6) is 0.169. The van der Waals surface area contributed by atoms with Crippen LogP contribution in [0, 0.1) is 5.82 Å². The van der Waals surface area contributed by atoms with Gasteiger partial charge in [-0.25, -0.2) is 14.2 Å². The van der Waals surface area contributed by atoms with Crippen molar-refractivity contribution in [3.8, 4) is 11.4 Å². The number of aromatic amines is 2. The van der Waals surface area contributed by atoms with E-state index in [0.29, 0.717) is 54.2 Å². The van der Waals surface area contributed by atoms with Crippen molar-refractivity contribution < 1.29 is 4.39 Å². The van der Waals surface area contributed by atoms with Crippen LogP contribution in [0.1, 0.15) is 37.9 Å². The molecule has 0 bridgehead atoms. The lowest BCUT2D eigenvalue weighted by Gasteiger charge is -2.09. The average molecular weight is 410 g/mol. The predicted molar refractivity (Wildman–Crippen MR) is 112 cm³/mol. The van der Waals surface area contributed by atoms with E-state index in [1.165, 1.54) is 16.7 Å². The van der Waals surface area contributed by atoms with Crippen LogP contribution in [0.5, 0.6) is 0 Å². The fourth-order valence-corrected chi connectivity index (χ4v) is 3.59. The highest BCUT2D eigenvalue weighted by molar-refractivity contribution is 5.76. The summed E-state index contributed by atoms with van der Waals surface area (Å²) in [5, 5.41) is 7.13. The molecule has 3 heterocycles. The van der Waals surface area contributed by atoms with E-state index in [2.05, 4.69) is 20.2 Å². The van der Waals surface area contributed by atoms with Gasteiger partial charge >= 0.3 is 5.69 Å². The maximum atomic E-state index is 13.2. The largest absolute Gasteiger partial charge is 0.332 e. The number of H-pyrrole nitrogens is 2. The van der Waals surface area contributed by atoms with Crippen LogP contribution in [-0.2, 0) is 19.5 Å². The van der Waals surface area contributed by atoms with E-state index in [1.54, 1.807) is 22.9 Å². The van der Waals surface area contributed by atoms with Crippen LogP contribution < -0.4 is 11.2 Å². The molecular weight excluding hydrogens is 387 g/mol. The Morgan fingerprint density at radius 3 is 2.43 bits per heavy atom. The van der Waals surface area contributed by atoms with Crippen LogP contribution in [-0.4, -0.2) is 29.3 Å². The van der Waals surface area contributed by atoms with Gasteiger partial charge in [0.1, 0.15) is 17.2 Å². The number of halogens is 1. The van der Waals surface area contributed by atoms with Gasteiger partial charge in [0, 0.05) is 25.7 Å². The Morgan fingerprint density at radius 1 is 1.03 bits per heavy atom. The molecule has 0 saturated heterocycles. The second-order valence-electron chi connectivity index (χ2n) is 7.22. The summed E-state index contributed by atoms with van der Waals surface area (Å²) in [6.07, 6.45) is 3.59. The number of imidazole rings is 1. The summed E-state index contributed by atoms with van der Waals surface area (Å²) in [6, 6.07) is 6.22. The Hall–Kier alpha value is -3.49. The van der Waals surface area contributed by atoms with E-state index in [0.717, 1.165) is 12.0 Å². The summed E-state index contributed by atoms with van der Waals surface area (Å²) in [4.78, 5) is 33.4. The zero-order chi connectivity index (χ0) is 21.3. The van der Waals surface area contributed by atoms with Crippen LogP contribution in [0.15, 0.2) is 40.1 Å². The molecule has 1 aromatic carbocycles. The standard InChI is InChI=1S/C21H23FN6O2/c1-3-9-27-19-17(20(29)28(10-4-2)21(27)30)24-18(25-19)15-12-23-26-16(15)11-13-5-7-14(22)8-6-13/h5-8,12H,3-4,9-11H2,1-2H3,(H,23,26)(H,24,25). The van der Waals surface area contributed by atoms with Crippen LogP contribution in [0.2, 0.25) is 0 Å². The second-order valence-corrected chi connectivity index (χ2v) is 7.22. The second kappa shape index (κ2) is 8.10. The lowest BCUT2D eigenvalue weighted by molar-refractivity contribution is 0.555. The SMILES string of the molecule is CCCn1c(=O)c2[nH]c(-c3c[nH]nc3Cc3ccc(F)cc3)nc2n(CCC)c1=O. The van der Waals surface area contributed by atoms with Gasteiger partial charge in [-0.15, -0.1) is 0 Å². The third-order valence-electron chi connectivity index (χ3n) is 5.01. The fourth-order valence-electron chi connectivity index (χ4n) is 3.59. The predicted octanol–water partition coefficient (Wildman–Crippen LogP) is 2.83. The van der Waals surface area contributed by atoms with E-state index in [4.69, 9.17) is 0 Å². The third kappa shape index (κ3) is 3.47. The first-order valence-corrected chi connectivity index (χ1v) is 10.0. The molecule has 0 aliphatic carbocycles. The topological polar surface area (TPSA) is 101 Å². The van der Waals surface area contributed by atoms with Crippen molar-refractivity contribution in [1.82, 2.24) is 29.3 Å². The molecule has 0 atom stereocenters. The van der Waals surface area contributed by atoms with Crippen LogP contribution >= 0.6 is 0 Å². The highest BCUT2D eigenvalue weighted by atomic mass is 19.1. The summed E-state index contributed by atoms with van der Waals surface area (Å²) >= 11 is 0. The van der Waals surface area contributed by atoms with E-state index in [1.807, 2.05) is 13.8 Å². The van der Waals surface area contributed by atoms with E-state index < -0.39 is 0 Å². The number of nitrogens with one attached hydrogen (secondary N) is 2. The van der Waals surface area contributed by atoms with Gasteiger partial charge in [-0.2, -0.15) is 5.10 Å². The molecule has 0 aliphatic heterocycles. The molecule has 3 aromatic heterocycles. The minimum atomic E-state index is -0.369. The van der Waals surface area contributed by atoms with Crippen LogP contribution in [0.3, 0.4) is 0 Å². The van der Waals surface area contributed by atoms with Gasteiger partial charge < -0.3 is 4.98 Å². The first-order valence-electron chi connectivity index (χ1n) is 10.0. The van der Waals surface area contributed by atoms with Crippen LogP contribution in [0.25, 0.3) is 22.6 Å². The van der Waals surface area contributed by atoms with Crippen molar-refractivity contribution in [1.29, 1.82) is 0 Å². The highest BCUT2D eigenvalue weighted by Crippen LogP contribution is 2.23. The van der Waals surface area contributed by atoms with Gasteiger partial charge in [0.2, 0.25) is 0 Å². The molecule has 0 amide bonds. The van der Waals surface area contributed by atoms with Crippen molar-refractivity contribution in [2.24, 2.45) is 0 Å². The first kappa shape index (κ1) is 19.8. The van der Waals surface area contributed by atoms with Gasteiger partial charge in [0.15, 0.2) is 5.65 Å². The van der Waals surface area contributed by atoms with Gasteiger partial charge in [0.25, 0.3) is 5.56 Å². The van der Waals surface area contributed by atoms with Crippen LogP contribution in [0.4, 0.5) is 4.39 Å². The Bertz CT molecular complexity index is 1300. The minimum Gasteiger partial charge on any atom is -0.332 e. The molecule has 9 heteroatoms. The van der Waals surface area contributed by atoms with Gasteiger partial charge in [-0.05, 0) is 30.5 Å². The Balaban J connectivity index is 1.83. The van der Waals surface area contributed by atoms with Gasteiger partial charge in [-0.1, -0.05) is 26.0 Å². The Morgan fingerprint density at radius 2 is 1.73 bits per heavy atom. The molecule has 0 aliphatic rings. The first-order chi connectivity index (χ1) is 14.5. The molecule has 30 heavy (non-hydrogen) atoms. The quantitative estimate of drug-likeness (QED) is 0.489. The van der Waals surface area contributed by atoms with E-state index >= 15 is 0 Å². The summed E-state index contributed by atoms with van der Waals surface area (Å²) < 4.78 is 16.0. The number of hydrogen-bond donors (Lipinski definition) is 2. The molecule has 0 fully saturated rings. The number of aryl methyl sites for hydroxylation is 1. The van der Waals surface area contributed by atoms with Crippen molar-refractivity contribution in [2.45, 2.75) is 46.2 Å². The van der Waals surface area contributed by atoms with Gasteiger partial charge in [-0.3, -0.25) is 19.0 Å². The molecule has 0 spiro atoms. The summed E-state index contributed by atoms with van der Waals surface area (Å²) in [7, 11) is 0. The maximum absolute atomic E-state index is 13.2.